The third-order valence-electron chi connectivity index (χ3n) is 8.21. The van der Waals surface area contributed by atoms with Gasteiger partial charge in [-0.05, 0) is 60.6 Å². The highest BCUT2D eigenvalue weighted by Crippen LogP contribution is 2.16. The zero-order chi connectivity index (χ0) is 39.2. The number of nitrogens with two attached hydrogens (primary N) is 1. The SMILES string of the molecule is CC(C)C[C@H](NC(=O)[C@@H](NC(=O)C(N)CNC(=O)c1ccccc1O)C(C)C)C(=O)N[C@@H](Cc1ccccc1)[C@@H](O)C(=O)Nc1cccc(C(=O)O)c1. The van der Waals surface area contributed by atoms with Crippen molar-refractivity contribution in [2.24, 2.45) is 17.6 Å². The number of aliphatic hydroxyl groups is 1. The second-order valence-corrected chi connectivity index (χ2v) is 13.4. The number of benzene rings is 3. The van der Waals surface area contributed by atoms with Crippen LogP contribution in [-0.2, 0) is 25.6 Å². The van der Waals surface area contributed by atoms with Crippen molar-refractivity contribution >= 4 is 41.2 Å². The van der Waals surface area contributed by atoms with Crippen LogP contribution in [0.5, 0.6) is 5.75 Å². The fourth-order valence-corrected chi connectivity index (χ4v) is 5.34. The molecule has 0 aliphatic carbocycles. The quantitative estimate of drug-likeness (QED) is 0.0913. The number of nitrogens with one attached hydrogen (secondary N) is 5. The Morgan fingerprint density at radius 2 is 1.42 bits per heavy atom. The van der Waals surface area contributed by atoms with E-state index >= 15 is 0 Å². The van der Waals surface area contributed by atoms with Crippen molar-refractivity contribution in [2.75, 3.05) is 11.9 Å². The highest BCUT2D eigenvalue weighted by molar-refractivity contribution is 5.98. The van der Waals surface area contributed by atoms with Crippen LogP contribution in [0.1, 0.15) is 60.4 Å². The van der Waals surface area contributed by atoms with Crippen molar-refractivity contribution in [1.29, 1.82) is 0 Å². The number of rotatable bonds is 18. The van der Waals surface area contributed by atoms with E-state index in [2.05, 4.69) is 26.6 Å². The molecule has 0 aromatic heterocycles. The van der Waals surface area contributed by atoms with Gasteiger partial charge in [-0.25, -0.2) is 4.79 Å². The minimum Gasteiger partial charge on any atom is -0.507 e. The number of phenols is 1. The van der Waals surface area contributed by atoms with Crippen LogP contribution in [0.2, 0.25) is 0 Å². The Balaban J connectivity index is 1.74. The molecule has 0 fully saturated rings. The molecule has 53 heavy (non-hydrogen) atoms. The van der Waals surface area contributed by atoms with Crippen molar-refractivity contribution in [1.82, 2.24) is 21.3 Å². The molecule has 1 unspecified atom stereocenters. The standard InChI is InChI=1S/C38H48N6O9/c1-21(2)17-29(43-36(50)31(22(3)4)44-34(48)27(39)20-40-33(47)26-15-8-9-16-30(26)45)35(49)42-28(18-23-11-6-5-7-12-23)32(46)37(51)41-25-14-10-13-24(19-25)38(52)53/h5-16,19,21-22,27-29,31-32,45-46H,17-18,20,39H2,1-4H3,(H,40,47)(H,41,51)(H,42,49)(H,43,50)(H,44,48)(H,52,53)/t27?,28-,29-,31-,32+/m0/s1. The van der Waals surface area contributed by atoms with Crippen molar-refractivity contribution in [3.63, 3.8) is 0 Å². The van der Waals surface area contributed by atoms with Crippen LogP contribution >= 0.6 is 0 Å². The van der Waals surface area contributed by atoms with Gasteiger partial charge < -0.3 is 47.6 Å². The molecule has 5 amide bonds. The smallest absolute Gasteiger partial charge is 0.335 e. The molecule has 0 radical (unpaired) electrons. The fraction of sp³-hybridized carbons (Fsp3) is 0.368. The van der Waals surface area contributed by atoms with Gasteiger partial charge in [0, 0.05) is 12.2 Å². The van der Waals surface area contributed by atoms with Gasteiger partial charge in [0.25, 0.3) is 11.8 Å². The van der Waals surface area contributed by atoms with Crippen molar-refractivity contribution in [3.8, 4) is 5.75 Å². The number of hydrogen-bond acceptors (Lipinski definition) is 9. The lowest BCUT2D eigenvalue weighted by atomic mass is 9.97. The Morgan fingerprint density at radius 1 is 0.755 bits per heavy atom. The van der Waals surface area contributed by atoms with Gasteiger partial charge in [-0.1, -0.05) is 76.2 Å². The van der Waals surface area contributed by atoms with Crippen LogP contribution in [0.15, 0.2) is 78.9 Å². The maximum absolute atomic E-state index is 13.8. The Labute approximate surface area is 307 Å². The monoisotopic (exact) mass is 732 g/mol. The molecule has 15 nitrogen and oxygen atoms in total. The second kappa shape index (κ2) is 19.7. The summed E-state index contributed by atoms with van der Waals surface area (Å²) in [6.45, 7) is 6.75. The lowest BCUT2D eigenvalue weighted by Gasteiger charge is -2.29. The summed E-state index contributed by atoms with van der Waals surface area (Å²) in [5, 5.41) is 43.4. The second-order valence-electron chi connectivity index (χ2n) is 13.4. The topological polar surface area (TPSA) is 249 Å². The first-order valence-electron chi connectivity index (χ1n) is 17.2. The maximum Gasteiger partial charge on any atom is 0.335 e. The van der Waals surface area contributed by atoms with E-state index in [1.807, 2.05) is 13.8 Å². The van der Waals surface area contributed by atoms with Gasteiger partial charge in [0.05, 0.1) is 17.2 Å². The Kier molecular flexibility index (Phi) is 15.5. The van der Waals surface area contributed by atoms with E-state index in [0.717, 1.165) is 0 Å². The Hall–Kier alpha value is -5.80. The van der Waals surface area contributed by atoms with Crippen LogP contribution in [0.25, 0.3) is 0 Å². The zero-order valence-corrected chi connectivity index (χ0v) is 30.0. The predicted octanol–water partition coefficient (Wildman–Crippen LogP) is 1.55. The first-order valence-corrected chi connectivity index (χ1v) is 17.2. The van der Waals surface area contributed by atoms with Gasteiger partial charge in [-0.2, -0.15) is 0 Å². The molecule has 0 saturated carbocycles. The number of aliphatic hydroxyl groups excluding tert-OH is 1. The van der Waals surface area contributed by atoms with Crippen LogP contribution in [0.4, 0.5) is 5.69 Å². The van der Waals surface area contributed by atoms with E-state index in [0.29, 0.717) is 5.56 Å². The van der Waals surface area contributed by atoms with Crippen molar-refractivity contribution in [3.05, 3.63) is 95.6 Å². The average molecular weight is 733 g/mol. The molecular weight excluding hydrogens is 684 g/mol. The van der Waals surface area contributed by atoms with Crippen LogP contribution < -0.4 is 32.3 Å². The van der Waals surface area contributed by atoms with Gasteiger partial charge in [0.1, 0.15) is 23.9 Å². The Bertz CT molecular complexity index is 1750. The van der Waals surface area contributed by atoms with Gasteiger partial charge >= 0.3 is 5.97 Å². The first kappa shape index (κ1) is 41.6. The number of phenolic OH excluding ortho intramolecular Hbond substituents is 1. The number of hydrogen-bond donors (Lipinski definition) is 9. The average Bonchev–Trinajstić information content (AvgIpc) is 3.11. The number of para-hydroxylation sites is 1. The number of aromatic carboxylic acids is 1. The maximum atomic E-state index is 13.8. The molecule has 15 heteroatoms. The number of carbonyl (C=O) groups excluding carboxylic acids is 5. The number of anilines is 1. The zero-order valence-electron chi connectivity index (χ0n) is 30.0. The molecule has 3 aromatic carbocycles. The summed E-state index contributed by atoms with van der Waals surface area (Å²) in [4.78, 5) is 77.6. The molecule has 3 aromatic rings. The lowest BCUT2D eigenvalue weighted by Crippen LogP contribution is -2.60. The van der Waals surface area contributed by atoms with Gasteiger partial charge in [-0.15, -0.1) is 0 Å². The number of carboxylic acids is 1. The molecule has 0 aliphatic rings. The first-order chi connectivity index (χ1) is 25.1. The molecule has 0 bridgehead atoms. The van der Waals surface area contributed by atoms with E-state index in [-0.39, 0.29) is 47.9 Å². The number of carboxylic acid groups (broad SMARTS) is 1. The van der Waals surface area contributed by atoms with Gasteiger partial charge in [0.2, 0.25) is 17.7 Å². The summed E-state index contributed by atoms with van der Waals surface area (Å²) in [6, 6.07) is 15.4. The minimum atomic E-state index is -1.79. The summed E-state index contributed by atoms with van der Waals surface area (Å²) in [5.41, 5.74) is 6.76. The van der Waals surface area contributed by atoms with Gasteiger partial charge in [-0.3, -0.25) is 24.0 Å². The van der Waals surface area contributed by atoms with E-state index < -0.39 is 71.7 Å². The summed E-state index contributed by atoms with van der Waals surface area (Å²) >= 11 is 0. The third-order valence-corrected chi connectivity index (χ3v) is 8.21. The summed E-state index contributed by atoms with van der Waals surface area (Å²) in [5.74, 6) is -5.66. The summed E-state index contributed by atoms with van der Waals surface area (Å²) in [7, 11) is 0. The van der Waals surface area contributed by atoms with Crippen molar-refractivity contribution in [2.45, 2.75) is 70.8 Å². The van der Waals surface area contributed by atoms with Crippen LogP contribution in [0, 0.1) is 11.8 Å². The van der Waals surface area contributed by atoms with E-state index in [1.54, 1.807) is 56.3 Å². The fourth-order valence-electron chi connectivity index (χ4n) is 5.34. The molecule has 0 heterocycles. The van der Waals surface area contributed by atoms with Gasteiger partial charge in [0.15, 0.2) is 6.10 Å². The number of amides is 5. The van der Waals surface area contributed by atoms with E-state index in [4.69, 9.17) is 5.73 Å². The molecule has 3 rings (SSSR count). The predicted molar refractivity (Wildman–Crippen MR) is 197 cm³/mol. The number of aromatic hydroxyl groups is 1. The number of carbonyl (C=O) groups is 6. The molecule has 5 atom stereocenters. The third kappa shape index (κ3) is 12.7. The molecular formula is C38H48N6O9. The lowest BCUT2D eigenvalue weighted by molar-refractivity contribution is -0.134. The molecule has 0 aliphatic heterocycles. The highest BCUT2D eigenvalue weighted by Gasteiger charge is 2.34. The van der Waals surface area contributed by atoms with Crippen molar-refractivity contribution < 1.29 is 44.1 Å². The van der Waals surface area contributed by atoms with E-state index in [1.165, 1.54) is 36.4 Å². The Morgan fingerprint density at radius 3 is 2.04 bits per heavy atom. The summed E-state index contributed by atoms with van der Waals surface area (Å²) in [6.07, 6.45) is -1.60. The molecule has 10 N–H and O–H groups in total. The highest BCUT2D eigenvalue weighted by atomic mass is 16.4. The largest absolute Gasteiger partial charge is 0.507 e. The molecule has 0 spiro atoms. The minimum absolute atomic E-state index is 0.00121. The molecule has 0 saturated heterocycles. The normalized spacial score (nSPS) is 13.9. The summed E-state index contributed by atoms with van der Waals surface area (Å²) < 4.78 is 0. The van der Waals surface area contributed by atoms with Crippen LogP contribution in [-0.4, -0.2) is 87.6 Å². The molecule has 284 valence electrons. The van der Waals surface area contributed by atoms with Crippen LogP contribution in [0.3, 0.4) is 0 Å². The van der Waals surface area contributed by atoms with E-state index in [9.17, 15) is 44.1 Å².